The van der Waals surface area contributed by atoms with Gasteiger partial charge in [-0.05, 0) is 43.7 Å². The highest BCUT2D eigenvalue weighted by Gasteiger charge is 2.35. The zero-order valence-corrected chi connectivity index (χ0v) is 11.3. The van der Waals surface area contributed by atoms with E-state index in [9.17, 15) is 4.39 Å². The molecular formula is C14H20FNS. The van der Waals surface area contributed by atoms with Gasteiger partial charge in [-0.3, -0.25) is 0 Å². The summed E-state index contributed by atoms with van der Waals surface area (Å²) in [5, 5.41) is 3.53. The van der Waals surface area contributed by atoms with E-state index in [0.717, 1.165) is 12.1 Å². The molecule has 17 heavy (non-hydrogen) atoms. The summed E-state index contributed by atoms with van der Waals surface area (Å²) in [5.74, 6) is -0.153. The van der Waals surface area contributed by atoms with Crippen LogP contribution in [-0.2, 0) is 0 Å². The number of hydrogen-bond donors (Lipinski definition) is 1. The van der Waals surface area contributed by atoms with Crippen molar-refractivity contribution >= 4 is 11.8 Å². The second-order valence-electron chi connectivity index (χ2n) is 4.90. The van der Waals surface area contributed by atoms with E-state index >= 15 is 0 Å². The van der Waals surface area contributed by atoms with Gasteiger partial charge in [0.25, 0.3) is 0 Å². The van der Waals surface area contributed by atoms with Crippen LogP contribution in [0.3, 0.4) is 0 Å². The number of hydrogen-bond acceptors (Lipinski definition) is 2. The maximum absolute atomic E-state index is 13.1. The fourth-order valence-corrected chi connectivity index (χ4v) is 3.18. The first kappa shape index (κ1) is 12.9. The summed E-state index contributed by atoms with van der Waals surface area (Å²) < 4.78 is 13.5. The molecule has 0 aromatic heterocycles. The SMILES string of the molecule is CSC1(CN[C@@H](C)c2cccc(F)c2)CCC1. The second-order valence-corrected chi connectivity index (χ2v) is 6.17. The van der Waals surface area contributed by atoms with Gasteiger partial charge in [-0.1, -0.05) is 18.6 Å². The van der Waals surface area contributed by atoms with Crippen molar-refractivity contribution in [1.82, 2.24) is 5.32 Å². The zero-order valence-electron chi connectivity index (χ0n) is 10.5. The highest BCUT2D eigenvalue weighted by molar-refractivity contribution is 8.00. The Morgan fingerprint density at radius 3 is 2.76 bits per heavy atom. The molecule has 1 aromatic rings. The summed E-state index contributed by atoms with van der Waals surface area (Å²) in [5.41, 5.74) is 1.03. The third kappa shape index (κ3) is 3.02. The van der Waals surface area contributed by atoms with Crippen molar-refractivity contribution in [2.24, 2.45) is 0 Å². The second kappa shape index (κ2) is 5.40. The Kier molecular flexibility index (Phi) is 4.10. The Balaban J connectivity index is 1.91. The van der Waals surface area contributed by atoms with Gasteiger partial charge in [-0.2, -0.15) is 11.8 Å². The predicted octanol–water partition coefficient (Wildman–Crippen LogP) is 3.76. The molecule has 1 N–H and O–H groups in total. The molecule has 0 heterocycles. The Hall–Kier alpha value is -0.540. The van der Waals surface area contributed by atoms with Gasteiger partial charge in [0.1, 0.15) is 5.82 Å². The monoisotopic (exact) mass is 253 g/mol. The lowest BCUT2D eigenvalue weighted by Crippen LogP contribution is -2.44. The van der Waals surface area contributed by atoms with E-state index in [2.05, 4.69) is 18.5 Å². The Bertz CT molecular complexity index is 371. The minimum absolute atomic E-state index is 0.153. The molecule has 0 amide bonds. The third-order valence-electron chi connectivity index (χ3n) is 3.78. The van der Waals surface area contributed by atoms with Crippen LogP contribution < -0.4 is 5.32 Å². The molecule has 1 fully saturated rings. The molecule has 1 aromatic carbocycles. The van der Waals surface area contributed by atoms with Crippen LogP contribution >= 0.6 is 11.8 Å². The Morgan fingerprint density at radius 1 is 1.47 bits per heavy atom. The molecule has 0 unspecified atom stereocenters. The van der Waals surface area contributed by atoms with Gasteiger partial charge in [-0.25, -0.2) is 4.39 Å². The van der Waals surface area contributed by atoms with Crippen molar-refractivity contribution < 1.29 is 4.39 Å². The normalized spacial score (nSPS) is 19.7. The molecule has 2 rings (SSSR count). The number of halogens is 1. The van der Waals surface area contributed by atoms with E-state index in [1.807, 2.05) is 17.8 Å². The summed E-state index contributed by atoms with van der Waals surface area (Å²) in [4.78, 5) is 0. The quantitative estimate of drug-likeness (QED) is 0.857. The maximum atomic E-state index is 13.1. The van der Waals surface area contributed by atoms with E-state index < -0.39 is 0 Å². The van der Waals surface area contributed by atoms with Crippen molar-refractivity contribution in [2.45, 2.75) is 37.0 Å². The molecule has 0 radical (unpaired) electrons. The molecule has 1 atom stereocenters. The molecule has 1 nitrogen and oxygen atoms in total. The van der Waals surface area contributed by atoms with Crippen LogP contribution in [0.5, 0.6) is 0 Å². The van der Waals surface area contributed by atoms with Crippen LogP contribution in [0.15, 0.2) is 24.3 Å². The van der Waals surface area contributed by atoms with Gasteiger partial charge in [0.15, 0.2) is 0 Å². The van der Waals surface area contributed by atoms with Gasteiger partial charge < -0.3 is 5.32 Å². The first-order chi connectivity index (χ1) is 8.15. The van der Waals surface area contributed by atoms with Crippen molar-refractivity contribution in [3.05, 3.63) is 35.6 Å². The highest BCUT2D eigenvalue weighted by atomic mass is 32.2. The third-order valence-corrected chi connectivity index (χ3v) is 5.20. The van der Waals surface area contributed by atoms with E-state index in [4.69, 9.17) is 0 Å². The number of benzene rings is 1. The molecule has 3 heteroatoms. The van der Waals surface area contributed by atoms with Crippen LogP contribution in [0.1, 0.15) is 37.8 Å². The van der Waals surface area contributed by atoms with Gasteiger partial charge in [-0.15, -0.1) is 0 Å². The number of rotatable bonds is 5. The van der Waals surface area contributed by atoms with Gasteiger partial charge in [0.05, 0.1) is 0 Å². The molecule has 0 saturated heterocycles. The lowest BCUT2D eigenvalue weighted by Gasteiger charge is -2.41. The topological polar surface area (TPSA) is 12.0 Å². The largest absolute Gasteiger partial charge is 0.309 e. The molecule has 1 aliphatic rings. The van der Waals surface area contributed by atoms with Crippen LogP contribution in [-0.4, -0.2) is 17.5 Å². The van der Waals surface area contributed by atoms with Crippen molar-refractivity contribution in [3.8, 4) is 0 Å². The van der Waals surface area contributed by atoms with Gasteiger partial charge >= 0.3 is 0 Å². The van der Waals surface area contributed by atoms with Crippen molar-refractivity contribution in [1.29, 1.82) is 0 Å². The summed E-state index contributed by atoms with van der Waals surface area (Å²) in [6.45, 7) is 3.12. The fraction of sp³-hybridized carbons (Fsp3) is 0.571. The minimum atomic E-state index is -0.153. The molecular weight excluding hydrogens is 233 g/mol. The number of thioether (sulfide) groups is 1. The summed E-state index contributed by atoms with van der Waals surface area (Å²) in [6, 6.07) is 7.08. The predicted molar refractivity (Wildman–Crippen MR) is 72.9 cm³/mol. The van der Waals surface area contributed by atoms with E-state index in [0.29, 0.717) is 4.75 Å². The molecule has 0 spiro atoms. The van der Waals surface area contributed by atoms with Crippen LogP contribution in [0, 0.1) is 5.82 Å². The van der Waals surface area contributed by atoms with Crippen LogP contribution in [0.2, 0.25) is 0 Å². The van der Waals surface area contributed by atoms with Gasteiger partial charge in [0.2, 0.25) is 0 Å². The van der Waals surface area contributed by atoms with Gasteiger partial charge in [0, 0.05) is 17.3 Å². The maximum Gasteiger partial charge on any atom is 0.123 e. The zero-order chi connectivity index (χ0) is 12.3. The average Bonchev–Trinajstić information content (AvgIpc) is 2.28. The summed E-state index contributed by atoms with van der Waals surface area (Å²) in [6.07, 6.45) is 6.14. The van der Waals surface area contributed by atoms with E-state index in [1.165, 1.54) is 25.3 Å². The van der Waals surface area contributed by atoms with E-state index in [1.54, 1.807) is 12.1 Å². The Labute approximate surface area is 107 Å². The molecule has 0 bridgehead atoms. The van der Waals surface area contributed by atoms with Crippen LogP contribution in [0.25, 0.3) is 0 Å². The highest BCUT2D eigenvalue weighted by Crippen LogP contribution is 2.42. The van der Waals surface area contributed by atoms with E-state index in [-0.39, 0.29) is 11.9 Å². The van der Waals surface area contributed by atoms with Crippen LogP contribution in [0.4, 0.5) is 4.39 Å². The number of nitrogens with one attached hydrogen (secondary N) is 1. The molecule has 1 aliphatic carbocycles. The standard InChI is InChI=1S/C14H20FNS/c1-11(12-5-3-6-13(15)9-12)16-10-14(17-2)7-4-8-14/h3,5-6,9,11,16H,4,7-8,10H2,1-2H3/t11-/m0/s1. The average molecular weight is 253 g/mol. The summed E-state index contributed by atoms with van der Waals surface area (Å²) >= 11 is 1.96. The molecule has 1 saturated carbocycles. The Morgan fingerprint density at radius 2 is 2.24 bits per heavy atom. The lowest BCUT2D eigenvalue weighted by atomic mass is 9.84. The first-order valence-electron chi connectivity index (χ1n) is 6.19. The van der Waals surface area contributed by atoms with Crippen molar-refractivity contribution in [3.63, 3.8) is 0 Å². The lowest BCUT2D eigenvalue weighted by molar-refractivity contribution is 0.334. The smallest absolute Gasteiger partial charge is 0.123 e. The molecule has 94 valence electrons. The molecule has 0 aliphatic heterocycles. The minimum Gasteiger partial charge on any atom is -0.309 e. The van der Waals surface area contributed by atoms with Crippen molar-refractivity contribution in [2.75, 3.05) is 12.8 Å². The fourth-order valence-electron chi connectivity index (χ4n) is 2.26. The summed E-state index contributed by atoms with van der Waals surface area (Å²) in [7, 11) is 0. The first-order valence-corrected chi connectivity index (χ1v) is 7.42.